The summed E-state index contributed by atoms with van der Waals surface area (Å²) in [6.07, 6.45) is 0. The number of aromatic nitrogens is 4. The predicted octanol–water partition coefficient (Wildman–Crippen LogP) is -0.646. The third kappa shape index (κ3) is 2.31. The SMILES string of the molecule is CCNC(=O)C(C)Nc1ccc2n[nH]c(=O)n2n1. The van der Waals surface area contributed by atoms with Crippen LogP contribution in [-0.2, 0) is 4.79 Å². The number of fused-ring (bicyclic) bond motifs is 1. The maximum Gasteiger partial charge on any atom is 0.364 e. The van der Waals surface area contributed by atoms with Gasteiger partial charge in [0.2, 0.25) is 5.91 Å². The van der Waals surface area contributed by atoms with Crippen molar-refractivity contribution in [2.24, 2.45) is 0 Å². The molecule has 0 saturated carbocycles. The normalized spacial score (nSPS) is 12.3. The van der Waals surface area contributed by atoms with Gasteiger partial charge in [0, 0.05) is 6.54 Å². The third-order valence-corrected chi connectivity index (χ3v) is 2.38. The van der Waals surface area contributed by atoms with E-state index in [1.165, 1.54) is 0 Å². The number of nitrogens with zero attached hydrogens (tertiary/aromatic N) is 3. The van der Waals surface area contributed by atoms with Gasteiger partial charge in [0.05, 0.1) is 0 Å². The monoisotopic (exact) mass is 250 g/mol. The number of hydrogen-bond acceptors (Lipinski definition) is 5. The van der Waals surface area contributed by atoms with Crippen molar-refractivity contribution in [3.05, 3.63) is 22.6 Å². The summed E-state index contributed by atoms with van der Waals surface area (Å²) in [4.78, 5) is 22.9. The minimum Gasteiger partial charge on any atom is -0.357 e. The number of hydrogen-bond donors (Lipinski definition) is 3. The Morgan fingerprint density at radius 2 is 2.33 bits per heavy atom. The van der Waals surface area contributed by atoms with Gasteiger partial charge in [-0.05, 0) is 26.0 Å². The number of amides is 1. The van der Waals surface area contributed by atoms with Crippen molar-refractivity contribution in [1.29, 1.82) is 0 Å². The number of likely N-dealkylation sites (N-methyl/N-ethyl adjacent to an activating group) is 1. The summed E-state index contributed by atoms with van der Waals surface area (Å²) in [5, 5.41) is 15.7. The molecule has 0 saturated heterocycles. The third-order valence-electron chi connectivity index (χ3n) is 2.38. The van der Waals surface area contributed by atoms with E-state index in [0.29, 0.717) is 18.0 Å². The van der Waals surface area contributed by atoms with E-state index in [0.717, 1.165) is 4.52 Å². The van der Waals surface area contributed by atoms with Crippen molar-refractivity contribution in [2.45, 2.75) is 19.9 Å². The smallest absolute Gasteiger partial charge is 0.357 e. The molecule has 8 heteroatoms. The van der Waals surface area contributed by atoms with Crippen LogP contribution >= 0.6 is 0 Å². The fourth-order valence-electron chi connectivity index (χ4n) is 1.49. The lowest BCUT2D eigenvalue weighted by molar-refractivity contribution is -0.121. The highest BCUT2D eigenvalue weighted by Gasteiger charge is 2.12. The highest BCUT2D eigenvalue weighted by Crippen LogP contribution is 2.04. The molecular weight excluding hydrogens is 236 g/mol. The molecule has 8 nitrogen and oxygen atoms in total. The molecule has 2 rings (SSSR count). The van der Waals surface area contributed by atoms with Crippen molar-refractivity contribution in [2.75, 3.05) is 11.9 Å². The van der Waals surface area contributed by atoms with Crippen LogP contribution in [0.3, 0.4) is 0 Å². The van der Waals surface area contributed by atoms with E-state index in [1.54, 1.807) is 19.1 Å². The number of H-pyrrole nitrogens is 1. The Hall–Kier alpha value is -2.38. The summed E-state index contributed by atoms with van der Waals surface area (Å²) in [7, 11) is 0. The van der Waals surface area contributed by atoms with Gasteiger partial charge in [-0.15, -0.1) is 5.10 Å². The van der Waals surface area contributed by atoms with Crippen LogP contribution in [0.5, 0.6) is 0 Å². The lowest BCUT2D eigenvalue weighted by atomic mass is 10.3. The summed E-state index contributed by atoms with van der Waals surface area (Å²) in [5.41, 5.74) is 0.00975. The fourth-order valence-corrected chi connectivity index (χ4v) is 1.49. The molecule has 0 fully saturated rings. The van der Waals surface area contributed by atoms with Crippen LogP contribution in [0, 0.1) is 0 Å². The zero-order valence-corrected chi connectivity index (χ0v) is 10.1. The molecule has 2 aromatic rings. The summed E-state index contributed by atoms with van der Waals surface area (Å²) in [5.74, 6) is 0.309. The molecule has 2 heterocycles. The maximum absolute atomic E-state index is 11.5. The van der Waals surface area contributed by atoms with Crippen LogP contribution in [0.1, 0.15) is 13.8 Å². The Morgan fingerprint density at radius 3 is 3.06 bits per heavy atom. The maximum atomic E-state index is 11.5. The van der Waals surface area contributed by atoms with E-state index in [9.17, 15) is 9.59 Å². The lowest BCUT2D eigenvalue weighted by Gasteiger charge is -2.13. The molecule has 1 atom stereocenters. The topological polar surface area (TPSA) is 104 Å². The quantitative estimate of drug-likeness (QED) is 0.669. The van der Waals surface area contributed by atoms with E-state index in [1.807, 2.05) is 6.92 Å². The highest BCUT2D eigenvalue weighted by atomic mass is 16.2. The van der Waals surface area contributed by atoms with Crippen molar-refractivity contribution in [3.63, 3.8) is 0 Å². The molecule has 0 spiro atoms. The van der Waals surface area contributed by atoms with E-state index >= 15 is 0 Å². The Morgan fingerprint density at radius 1 is 1.56 bits per heavy atom. The van der Waals surface area contributed by atoms with E-state index in [2.05, 4.69) is 25.9 Å². The van der Waals surface area contributed by atoms with Crippen molar-refractivity contribution in [1.82, 2.24) is 25.1 Å². The molecule has 1 unspecified atom stereocenters. The minimum absolute atomic E-state index is 0.126. The number of nitrogens with one attached hydrogen (secondary N) is 3. The Balaban J connectivity index is 2.19. The molecule has 18 heavy (non-hydrogen) atoms. The second-order valence-corrected chi connectivity index (χ2v) is 3.78. The van der Waals surface area contributed by atoms with Crippen LogP contribution in [0.25, 0.3) is 5.65 Å². The lowest BCUT2D eigenvalue weighted by Crippen LogP contribution is -2.37. The van der Waals surface area contributed by atoms with Crippen molar-refractivity contribution < 1.29 is 4.79 Å². The Bertz CT molecular complexity index is 616. The summed E-state index contributed by atoms with van der Waals surface area (Å²) in [6.45, 7) is 4.13. The van der Waals surface area contributed by atoms with Gasteiger partial charge >= 0.3 is 5.69 Å². The zero-order valence-electron chi connectivity index (χ0n) is 10.1. The van der Waals surface area contributed by atoms with Crippen molar-refractivity contribution in [3.8, 4) is 0 Å². The minimum atomic E-state index is -0.433. The first-order valence-electron chi connectivity index (χ1n) is 5.60. The molecule has 0 radical (unpaired) electrons. The van der Waals surface area contributed by atoms with Crippen molar-refractivity contribution >= 4 is 17.4 Å². The van der Waals surface area contributed by atoms with Gasteiger partial charge in [-0.2, -0.15) is 9.61 Å². The predicted molar refractivity (Wildman–Crippen MR) is 65.4 cm³/mol. The van der Waals surface area contributed by atoms with Gasteiger partial charge in [-0.1, -0.05) is 0 Å². The van der Waals surface area contributed by atoms with Gasteiger partial charge in [-0.25, -0.2) is 9.89 Å². The Labute approximate surface area is 102 Å². The number of aromatic amines is 1. The second-order valence-electron chi connectivity index (χ2n) is 3.78. The molecule has 0 aliphatic carbocycles. The Kier molecular flexibility index (Phi) is 3.26. The molecule has 0 aliphatic heterocycles. The first kappa shape index (κ1) is 12.1. The fraction of sp³-hybridized carbons (Fsp3) is 0.400. The van der Waals surface area contributed by atoms with Crippen LogP contribution < -0.4 is 16.3 Å². The average molecular weight is 250 g/mol. The molecule has 1 amide bonds. The first-order chi connectivity index (χ1) is 8.61. The van der Waals surface area contributed by atoms with Crippen LogP contribution in [0.4, 0.5) is 5.82 Å². The largest absolute Gasteiger partial charge is 0.364 e. The average Bonchev–Trinajstić information content (AvgIpc) is 2.71. The molecule has 0 aliphatic rings. The van der Waals surface area contributed by atoms with E-state index < -0.39 is 11.7 Å². The first-order valence-corrected chi connectivity index (χ1v) is 5.60. The zero-order chi connectivity index (χ0) is 13.1. The molecule has 0 bridgehead atoms. The molecule has 2 aromatic heterocycles. The summed E-state index contributed by atoms with van der Waals surface area (Å²) >= 11 is 0. The van der Waals surface area contributed by atoms with Crippen LogP contribution in [-0.4, -0.2) is 38.3 Å². The van der Waals surface area contributed by atoms with E-state index in [4.69, 9.17) is 0 Å². The number of rotatable bonds is 4. The van der Waals surface area contributed by atoms with Gasteiger partial charge in [-0.3, -0.25) is 4.79 Å². The van der Waals surface area contributed by atoms with Crippen LogP contribution in [0.2, 0.25) is 0 Å². The van der Waals surface area contributed by atoms with Gasteiger partial charge in [0.15, 0.2) is 5.65 Å². The number of carbonyl (C=O) groups is 1. The van der Waals surface area contributed by atoms with Gasteiger partial charge in [0.1, 0.15) is 11.9 Å². The highest BCUT2D eigenvalue weighted by molar-refractivity contribution is 5.83. The standard InChI is InChI=1S/C10H14N6O2/c1-3-11-9(17)6(2)12-7-4-5-8-13-14-10(18)16(8)15-7/h4-6H,3H2,1-2H3,(H,11,17)(H,12,15)(H,14,18). The number of anilines is 1. The summed E-state index contributed by atoms with van der Waals surface area (Å²) in [6, 6.07) is 2.86. The van der Waals surface area contributed by atoms with E-state index in [-0.39, 0.29) is 5.91 Å². The molecule has 96 valence electrons. The molecule has 3 N–H and O–H groups in total. The molecular formula is C10H14N6O2. The number of carbonyl (C=O) groups excluding carboxylic acids is 1. The van der Waals surface area contributed by atoms with Gasteiger partial charge < -0.3 is 10.6 Å². The van der Waals surface area contributed by atoms with Gasteiger partial charge in [0.25, 0.3) is 0 Å². The second kappa shape index (κ2) is 4.86. The summed E-state index contributed by atoms with van der Waals surface area (Å²) < 4.78 is 1.13. The van der Waals surface area contributed by atoms with Crippen LogP contribution in [0.15, 0.2) is 16.9 Å². The molecule has 0 aromatic carbocycles.